The van der Waals surface area contributed by atoms with Gasteiger partial charge in [-0.3, -0.25) is 4.99 Å². The molecule has 6 heteroatoms. The van der Waals surface area contributed by atoms with Crippen molar-refractivity contribution in [3.63, 3.8) is 0 Å². The lowest BCUT2D eigenvalue weighted by Crippen LogP contribution is -2.43. The number of rotatable bonds is 9. The maximum Gasteiger partial charge on any atom is 0.191 e. The number of halogens is 1. The van der Waals surface area contributed by atoms with E-state index in [4.69, 9.17) is 0 Å². The van der Waals surface area contributed by atoms with Crippen LogP contribution in [0.5, 0.6) is 0 Å². The molecule has 1 aliphatic rings. The number of nitrogens with zero attached hydrogens (tertiary/aromatic N) is 2. The zero-order chi connectivity index (χ0) is 15.3. The van der Waals surface area contributed by atoms with E-state index in [-0.39, 0.29) is 24.0 Å². The molecule has 0 spiro atoms. The average molecular weight is 442 g/mol. The molecule has 0 amide bonds. The predicted octanol–water partition coefficient (Wildman–Crippen LogP) is 3.03. The highest BCUT2D eigenvalue weighted by molar-refractivity contribution is 14.0. The van der Waals surface area contributed by atoms with Crippen LogP contribution in [0.15, 0.2) is 4.99 Å². The molecular weight excluding hydrogens is 407 g/mol. The Hall–Kier alpha value is 0.310. The van der Waals surface area contributed by atoms with E-state index in [0.29, 0.717) is 0 Å². The number of thioether (sulfide) groups is 1. The molecule has 0 unspecified atom stereocenters. The van der Waals surface area contributed by atoms with Crippen molar-refractivity contribution in [2.45, 2.75) is 39.5 Å². The second-order valence-electron chi connectivity index (χ2n) is 5.91. The molecule has 1 heterocycles. The molecule has 132 valence electrons. The molecule has 0 saturated carbocycles. The van der Waals surface area contributed by atoms with Crippen LogP contribution in [0.2, 0.25) is 0 Å². The molecule has 22 heavy (non-hydrogen) atoms. The monoisotopic (exact) mass is 442 g/mol. The molecule has 0 aromatic heterocycles. The Bertz CT molecular complexity index is 281. The van der Waals surface area contributed by atoms with Crippen molar-refractivity contribution in [2.24, 2.45) is 10.9 Å². The normalized spacial score (nSPS) is 17.1. The van der Waals surface area contributed by atoms with Gasteiger partial charge in [-0.05, 0) is 63.6 Å². The topological polar surface area (TPSA) is 39.7 Å². The van der Waals surface area contributed by atoms with Gasteiger partial charge in [-0.25, -0.2) is 0 Å². The summed E-state index contributed by atoms with van der Waals surface area (Å²) in [5.74, 6) is 3.13. The second kappa shape index (κ2) is 14.9. The van der Waals surface area contributed by atoms with Gasteiger partial charge in [0, 0.05) is 26.2 Å². The molecule has 0 aliphatic carbocycles. The maximum atomic E-state index is 4.65. The fourth-order valence-electron chi connectivity index (χ4n) is 2.51. The number of hydrogen-bond acceptors (Lipinski definition) is 3. The summed E-state index contributed by atoms with van der Waals surface area (Å²) in [4.78, 5) is 7.21. The summed E-state index contributed by atoms with van der Waals surface area (Å²) in [5, 5.41) is 6.80. The number of aliphatic imine (C=N–C) groups is 1. The molecule has 4 nitrogen and oxygen atoms in total. The smallest absolute Gasteiger partial charge is 0.191 e. The van der Waals surface area contributed by atoms with Gasteiger partial charge in [0.05, 0.1) is 0 Å². The van der Waals surface area contributed by atoms with Gasteiger partial charge >= 0.3 is 0 Å². The fraction of sp³-hybridized carbons (Fsp3) is 0.938. The van der Waals surface area contributed by atoms with Crippen LogP contribution in [-0.4, -0.2) is 62.1 Å². The Morgan fingerprint density at radius 2 is 1.95 bits per heavy atom. The van der Waals surface area contributed by atoms with E-state index in [9.17, 15) is 0 Å². The minimum absolute atomic E-state index is 0. The Morgan fingerprint density at radius 3 is 2.59 bits per heavy atom. The minimum atomic E-state index is 0. The average Bonchev–Trinajstić information content (AvgIpc) is 2.49. The first-order valence-electron chi connectivity index (χ1n) is 8.49. The minimum Gasteiger partial charge on any atom is -0.357 e. The van der Waals surface area contributed by atoms with Crippen molar-refractivity contribution in [3.05, 3.63) is 0 Å². The Kier molecular flexibility index (Phi) is 15.1. The third kappa shape index (κ3) is 10.9. The zero-order valence-corrected chi connectivity index (χ0v) is 17.7. The number of unbranched alkanes of at least 4 members (excludes halogenated alkanes) is 1. The SMILES string of the molecule is CCNC(=NCCCCSC)NCCN1CCC(C)CC1.I. The van der Waals surface area contributed by atoms with Gasteiger partial charge in [-0.2, -0.15) is 11.8 Å². The summed E-state index contributed by atoms with van der Waals surface area (Å²) < 4.78 is 0. The van der Waals surface area contributed by atoms with Gasteiger partial charge in [0.1, 0.15) is 0 Å². The van der Waals surface area contributed by atoms with Gasteiger partial charge < -0.3 is 15.5 Å². The van der Waals surface area contributed by atoms with Gasteiger partial charge in [-0.15, -0.1) is 24.0 Å². The van der Waals surface area contributed by atoms with Crippen molar-refractivity contribution in [1.29, 1.82) is 0 Å². The standard InChI is InChI=1S/C16H34N4S.HI/c1-4-17-16(18-9-5-6-14-21-3)19-10-13-20-11-7-15(2)8-12-20;/h15H,4-14H2,1-3H3,(H2,17,18,19);1H. The van der Waals surface area contributed by atoms with Crippen LogP contribution >= 0.6 is 35.7 Å². The predicted molar refractivity (Wildman–Crippen MR) is 112 cm³/mol. The molecule has 1 aliphatic heterocycles. The first-order valence-corrected chi connectivity index (χ1v) is 9.89. The van der Waals surface area contributed by atoms with Crippen LogP contribution in [0.4, 0.5) is 0 Å². The highest BCUT2D eigenvalue weighted by Gasteiger charge is 2.14. The number of nitrogens with one attached hydrogen (secondary N) is 2. The van der Waals surface area contributed by atoms with Gasteiger partial charge in [-0.1, -0.05) is 6.92 Å². The Morgan fingerprint density at radius 1 is 1.23 bits per heavy atom. The lowest BCUT2D eigenvalue weighted by molar-refractivity contribution is 0.195. The van der Waals surface area contributed by atoms with Crippen molar-refractivity contribution < 1.29 is 0 Å². The number of guanidine groups is 1. The third-order valence-corrected chi connectivity index (χ3v) is 4.66. The van der Waals surface area contributed by atoms with E-state index in [1.807, 2.05) is 11.8 Å². The molecular formula is C16H35IN4S. The first kappa shape index (κ1) is 22.3. The fourth-order valence-corrected chi connectivity index (χ4v) is 3.00. The van der Waals surface area contributed by atoms with Gasteiger partial charge in [0.2, 0.25) is 0 Å². The molecule has 1 fully saturated rings. The highest BCUT2D eigenvalue weighted by atomic mass is 127. The summed E-state index contributed by atoms with van der Waals surface area (Å²) in [6.07, 6.45) is 7.31. The Balaban J connectivity index is 0.00000441. The second-order valence-corrected chi connectivity index (χ2v) is 6.90. The van der Waals surface area contributed by atoms with Crippen LogP contribution in [0.3, 0.4) is 0 Å². The summed E-state index contributed by atoms with van der Waals surface area (Å²) in [7, 11) is 0. The van der Waals surface area contributed by atoms with Crippen molar-refractivity contribution >= 4 is 41.7 Å². The molecule has 0 aromatic rings. The summed E-state index contributed by atoms with van der Waals surface area (Å²) in [5.41, 5.74) is 0. The van der Waals surface area contributed by atoms with Crippen LogP contribution < -0.4 is 10.6 Å². The molecule has 2 N–H and O–H groups in total. The van der Waals surface area contributed by atoms with Crippen LogP contribution in [-0.2, 0) is 0 Å². The maximum absolute atomic E-state index is 4.65. The van der Waals surface area contributed by atoms with E-state index < -0.39 is 0 Å². The van der Waals surface area contributed by atoms with E-state index in [2.05, 4.69) is 40.6 Å². The molecule has 0 bridgehead atoms. The summed E-state index contributed by atoms with van der Waals surface area (Å²) >= 11 is 1.92. The molecule has 0 radical (unpaired) electrons. The largest absolute Gasteiger partial charge is 0.357 e. The third-order valence-electron chi connectivity index (χ3n) is 3.97. The Labute approximate surface area is 158 Å². The van der Waals surface area contributed by atoms with E-state index >= 15 is 0 Å². The van der Waals surface area contributed by atoms with E-state index in [1.54, 1.807) is 0 Å². The van der Waals surface area contributed by atoms with E-state index in [1.165, 1.54) is 44.5 Å². The van der Waals surface area contributed by atoms with Crippen LogP contribution in [0, 0.1) is 5.92 Å². The van der Waals surface area contributed by atoms with Crippen LogP contribution in [0.1, 0.15) is 39.5 Å². The lowest BCUT2D eigenvalue weighted by atomic mass is 9.99. The highest BCUT2D eigenvalue weighted by Crippen LogP contribution is 2.14. The van der Waals surface area contributed by atoms with Gasteiger partial charge in [0.25, 0.3) is 0 Å². The zero-order valence-electron chi connectivity index (χ0n) is 14.6. The molecule has 1 rings (SSSR count). The first-order chi connectivity index (χ1) is 10.3. The molecule has 1 saturated heterocycles. The number of hydrogen-bond donors (Lipinski definition) is 2. The van der Waals surface area contributed by atoms with E-state index in [0.717, 1.165) is 38.1 Å². The lowest BCUT2D eigenvalue weighted by Gasteiger charge is -2.30. The van der Waals surface area contributed by atoms with Crippen molar-refractivity contribution in [1.82, 2.24) is 15.5 Å². The van der Waals surface area contributed by atoms with Crippen molar-refractivity contribution in [2.75, 3.05) is 51.3 Å². The number of piperidine rings is 1. The summed E-state index contributed by atoms with van der Waals surface area (Å²) in [6.45, 7) is 11.0. The van der Waals surface area contributed by atoms with Crippen molar-refractivity contribution in [3.8, 4) is 0 Å². The summed E-state index contributed by atoms with van der Waals surface area (Å²) in [6, 6.07) is 0. The molecule has 0 aromatic carbocycles. The number of likely N-dealkylation sites (tertiary alicyclic amines) is 1. The molecule has 0 atom stereocenters. The quantitative estimate of drug-likeness (QED) is 0.249. The van der Waals surface area contributed by atoms with Crippen LogP contribution in [0.25, 0.3) is 0 Å². The van der Waals surface area contributed by atoms with Gasteiger partial charge in [0.15, 0.2) is 5.96 Å².